The van der Waals surface area contributed by atoms with Crippen LogP contribution in [-0.4, -0.2) is 5.84 Å². The maximum absolute atomic E-state index is 7.05. The zero-order valence-corrected chi connectivity index (χ0v) is 35.3. The molecule has 3 N–H and O–H groups in total. The van der Waals surface area contributed by atoms with E-state index in [1.165, 1.54) is 65.7 Å². The van der Waals surface area contributed by atoms with Gasteiger partial charge < -0.3 is 11.1 Å². The first-order valence-corrected chi connectivity index (χ1v) is 22.0. The van der Waals surface area contributed by atoms with Crippen molar-refractivity contribution in [3.05, 3.63) is 253 Å². The highest BCUT2D eigenvalue weighted by molar-refractivity contribution is 6.20. The Balaban J connectivity index is 0.916. The Bertz CT molecular complexity index is 3480. The number of amidine groups is 1. The third-order valence-corrected chi connectivity index (χ3v) is 12.5. The van der Waals surface area contributed by atoms with Gasteiger partial charge in [0.15, 0.2) is 0 Å². The first-order valence-electron chi connectivity index (χ1n) is 22.0. The van der Waals surface area contributed by atoms with E-state index in [4.69, 9.17) is 10.7 Å². The summed E-state index contributed by atoms with van der Waals surface area (Å²) in [4.78, 5) is 5.22. The minimum absolute atomic E-state index is 0.497. The van der Waals surface area contributed by atoms with Crippen LogP contribution in [0, 0.1) is 0 Å². The second kappa shape index (κ2) is 17.0. The summed E-state index contributed by atoms with van der Waals surface area (Å²) in [6.07, 6.45) is -0.497. The number of hydrogen-bond donors (Lipinski definition) is 2. The summed E-state index contributed by atoms with van der Waals surface area (Å²) in [6, 6.07) is 84.6. The van der Waals surface area contributed by atoms with Gasteiger partial charge in [-0.15, -0.1) is 0 Å². The molecule has 11 aromatic rings. The highest BCUT2D eigenvalue weighted by Gasteiger charge is 2.17. The molecule has 0 aromatic heterocycles. The number of nitrogens with two attached hydrogens (primary N) is 1. The van der Waals surface area contributed by atoms with Crippen LogP contribution >= 0.6 is 0 Å². The Morgan fingerprint density at radius 2 is 0.953 bits per heavy atom. The molecule has 64 heavy (non-hydrogen) atoms. The fourth-order valence-electron chi connectivity index (χ4n) is 9.23. The molecule has 0 aliphatic rings. The maximum Gasteiger partial charge on any atom is 0.130 e. The number of fused-ring (bicyclic) bond motifs is 5. The molecule has 0 fully saturated rings. The van der Waals surface area contributed by atoms with Gasteiger partial charge in [-0.2, -0.15) is 0 Å². The average Bonchev–Trinajstić information content (AvgIpc) is 3.37. The topological polar surface area (TPSA) is 50.4 Å². The molecule has 1 atom stereocenters. The Hall–Kier alpha value is -8.11. The third-order valence-electron chi connectivity index (χ3n) is 12.5. The summed E-state index contributed by atoms with van der Waals surface area (Å²) >= 11 is 0. The lowest BCUT2D eigenvalue weighted by molar-refractivity contribution is 0.680. The fourth-order valence-corrected chi connectivity index (χ4v) is 9.23. The normalized spacial score (nSPS) is 12.2. The molecule has 0 heterocycles. The Morgan fingerprint density at radius 3 is 1.75 bits per heavy atom. The van der Waals surface area contributed by atoms with Gasteiger partial charge in [-0.25, -0.2) is 0 Å². The van der Waals surface area contributed by atoms with Gasteiger partial charge in [0.05, 0.1) is 6.54 Å². The highest BCUT2D eigenvalue weighted by atomic mass is 15.1. The van der Waals surface area contributed by atoms with Gasteiger partial charge in [0.25, 0.3) is 0 Å². The molecule has 0 bridgehead atoms. The van der Waals surface area contributed by atoms with Crippen LogP contribution < -0.4 is 11.1 Å². The molecule has 0 radical (unpaired) electrons. The lowest BCUT2D eigenvalue weighted by atomic mass is 9.89. The van der Waals surface area contributed by atoms with E-state index < -0.39 is 6.17 Å². The van der Waals surface area contributed by atoms with E-state index in [1.54, 1.807) is 0 Å². The number of rotatable bonds is 9. The van der Waals surface area contributed by atoms with Gasteiger partial charge >= 0.3 is 0 Å². The van der Waals surface area contributed by atoms with Crippen LogP contribution in [0.5, 0.6) is 0 Å². The standard InChI is InChI=1S/C61H45N3/c62-60(57-22-12-11-19-53(57)45-15-5-2-6-16-45)64-61(63-40-41-23-25-43(26-24-41)42-13-3-1-4-14-42)52-34-33-49-37-48(31-32-50(49)38-52)44-27-29-47(30-28-44)59-55-21-10-8-18-51(55)39-58-54-20-9-7-17-46(54)35-36-56(58)59/h1-39,60H,40,62H2,(H,63,64). The molecule has 0 saturated carbocycles. The van der Waals surface area contributed by atoms with Crippen LogP contribution in [0.25, 0.3) is 87.6 Å². The quantitative estimate of drug-likeness (QED) is 0.0501. The highest BCUT2D eigenvalue weighted by Crippen LogP contribution is 2.40. The van der Waals surface area contributed by atoms with E-state index in [2.05, 4.69) is 224 Å². The van der Waals surface area contributed by atoms with Gasteiger partial charge in [-0.3, -0.25) is 4.99 Å². The second-order valence-electron chi connectivity index (χ2n) is 16.5. The van der Waals surface area contributed by atoms with Gasteiger partial charge in [0.2, 0.25) is 0 Å². The molecule has 3 nitrogen and oxygen atoms in total. The van der Waals surface area contributed by atoms with Crippen molar-refractivity contribution in [3.63, 3.8) is 0 Å². The fraction of sp³-hybridized carbons (Fsp3) is 0.0328. The molecule has 0 saturated heterocycles. The van der Waals surface area contributed by atoms with E-state index in [9.17, 15) is 0 Å². The first-order chi connectivity index (χ1) is 31.6. The van der Waals surface area contributed by atoms with Gasteiger partial charge in [0.1, 0.15) is 12.0 Å². The van der Waals surface area contributed by atoms with Crippen molar-refractivity contribution in [2.75, 3.05) is 0 Å². The average molecular weight is 820 g/mol. The number of benzene rings is 11. The van der Waals surface area contributed by atoms with Crippen LogP contribution in [0.3, 0.4) is 0 Å². The first kappa shape index (κ1) is 38.8. The molecular weight excluding hydrogens is 775 g/mol. The van der Waals surface area contributed by atoms with E-state index in [-0.39, 0.29) is 0 Å². The van der Waals surface area contributed by atoms with Crippen molar-refractivity contribution >= 4 is 48.9 Å². The van der Waals surface area contributed by atoms with E-state index in [1.807, 2.05) is 18.2 Å². The lowest BCUT2D eigenvalue weighted by Crippen LogP contribution is -2.35. The van der Waals surface area contributed by atoms with Gasteiger partial charge in [0, 0.05) is 5.56 Å². The predicted octanol–water partition coefficient (Wildman–Crippen LogP) is 15.2. The summed E-state index contributed by atoms with van der Waals surface area (Å²) in [5.74, 6) is 0.748. The third kappa shape index (κ3) is 7.59. The molecule has 11 rings (SSSR count). The summed E-state index contributed by atoms with van der Waals surface area (Å²) in [5.41, 5.74) is 19.6. The molecule has 0 amide bonds. The van der Waals surface area contributed by atoms with Crippen LogP contribution in [0.15, 0.2) is 242 Å². The smallest absolute Gasteiger partial charge is 0.130 e. The van der Waals surface area contributed by atoms with Crippen molar-refractivity contribution < 1.29 is 0 Å². The number of aliphatic imine (C=N–C) groups is 1. The van der Waals surface area contributed by atoms with Crippen molar-refractivity contribution in [2.24, 2.45) is 10.7 Å². The SMILES string of the molecule is NC(NC(=NCc1ccc(-c2ccccc2)cc1)c1ccc2cc(-c3ccc(-c4c5ccccc5cc5c4ccc4ccccc45)cc3)ccc2c1)c1ccccc1-c1ccccc1. The summed E-state index contributed by atoms with van der Waals surface area (Å²) in [6.45, 7) is 0.503. The van der Waals surface area contributed by atoms with Crippen LogP contribution in [0.4, 0.5) is 0 Å². The minimum Gasteiger partial charge on any atom is -0.351 e. The molecule has 3 heteroatoms. The molecule has 1 unspecified atom stereocenters. The van der Waals surface area contributed by atoms with E-state index >= 15 is 0 Å². The van der Waals surface area contributed by atoms with Crippen molar-refractivity contribution in [1.82, 2.24) is 5.32 Å². The van der Waals surface area contributed by atoms with Crippen LogP contribution in [0.1, 0.15) is 22.9 Å². The van der Waals surface area contributed by atoms with E-state index in [0.29, 0.717) is 6.54 Å². The maximum atomic E-state index is 7.05. The van der Waals surface area contributed by atoms with Crippen molar-refractivity contribution in [1.29, 1.82) is 0 Å². The van der Waals surface area contributed by atoms with Crippen molar-refractivity contribution in [2.45, 2.75) is 12.7 Å². The predicted molar refractivity (Wildman–Crippen MR) is 271 cm³/mol. The van der Waals surface area contributed by atoms with Crippen molar-refractivity contribution in [3.8, 4) is 44.5 Å². The zero-order chi connectivity index (χ0) is 42.8. The Kier molecular flexibility index (Phi) is 10.3. The Labute approximate surface area is 373 Å². The number of hydrogen-bond acceptors (Lipinski definition) is 2. The second-order valence-corrected chi connectivity index (χ2v) is 16.5. The molecule has 0 aliphatic heterocycles. The zero-order valence-electron chi connectivity index (χ0n) is 35.3. The summed E-state index contributed by atoms with van der Waals surface area (Å²) < 4.78 is 0. The molecule has 304 valence electrons. The molecular formula is C61H45N3. The van der Waals surface area contributed by atoms with Crippen LogP contribution in [-0.2, 0) is 6.54 Å². The number of nitrogens with one attached hydrogen (secondary N) is 1. The molecule has 0 aliphatic carbocycles. The largest absolute Gasteiger partial charge is 0.351 e. The lowest BCUT2D eigenvalue weighted by Gasteiger charge is -2.21. The summed E-state index contributed by atoms with van der Waals surface area (Å²) in [7, 11) is 0. The Morgan fingerprint density at radius 1 is 0.391 bits per heavy atom. The minimum atomic E-state index is -0.497. The molecule has 0 spiro atoms. The van der Waals surface area contributed by atoms with Crippen LogP contribution in [0.2, 0.25) is 0 Å². The van der Waals surface area contributed by atoms with Gasteiger partial charge in [-0.05, 0) is 117 Å². The van der Waals surface area contributed by atoms with Gasteiger partial charge in [-0.1, -0.05) is 218 Å². The number of nitrogens with zero attached hydrogens (tertiary/aromatic N) is 1. The summed E-state index contributed by atoms with van der Waals surface area (Å²) in [5, 5.41) is 13.5. The molecule has 11 aromatic carbocycles. The monoisotopic (exact) mass is 819 g/mol. The van der Waals surface area contributed by atoms with E-state index in [0.717, 1.165) is 44.4 Å².